The summed E-state index contributed by atoms with van der Waals surface area (Å²) in [7, 11) is 1.51. The second kappa shape index (κ2) is 6.97. The number of aryl methyl sites for hydroxylation is 1. The van der Waals surface area contributed by atoms with Crippen molar-refractivity contribution >= 4 is 30.0 Å². The molecule has 0 radical (unpaired) electrons. The van der Waals surface area contributed by atoms with Crippen LogP contribution < -0.4 is 11.1 Å². The summed E-state index contributed by atoms with van der Waals surface area (Å²) in [5, 5.41) is 6.12. The van der Waals surface area contributed by atoms with E-state index in [9.17, 15) is 9.59 Å². The van der Waals surface area contributed by atoms with Gasteiger partial charge in [-0.3, -0.25) is 9.59 Å². The zero-order valence-corrected chi connectivity index (χ0v) is 11.3. The summed E-state index contributed by atoms with van der Waals surface area (Å²) in [5.41, 5.74) is 5.42. The average Bonchev–Trinajstić information content (AvgIpc) is 2.62. The maximum atomic E-state index is 11.5. The van der Waals surface area contributed by atoms with E-state index >= 15 is 0 Å². The molecule has 18 heavy (non-hydrogen) atoms. The van der Waals surface area contributed by atoms with Gasteiger partial charge < -0.3 is 20.5 Å². The molecule has 1 heterocycles. The number of carbonyl (C=O) groups is 2. The van der Waals surface area contributed by atoms with Crippen molar-refractivity contribution in [2.75, 3.05) is 18.9 Å². The van der Waals surface area contributed by atoms with Crippen molar-refractivity contribution in [3.8, 4) is 0 Å². The van der Waals surface area contributed by atoms with Crippen LogP contribution in [0.5, 0.6) is 0 Å². The number of carbonyl (C=O) groups excluding carboxylic acids is 2. The number of rotatable bonds is 4. The number of aromatic nitrogens is 1. The molecule has 0 saturated heterocycles. The summed E-state index contributed by atoms with van der Waals surface area (Å²) >= 11 is 0. The van der Waals surface area contributed by atoms with Gasteiger partial charge in [-0.2, -0.15) is 0 Å². The maximum Gasteiger partial charge on any atom is 0.245 e. The van der Waals surface area contributed by atoms with Gasteiger partial charge in [-0.1, -0.05) is 5.16 Å². The molecule has 0 aliphatic carbocycles. The van der Waals surface area contributed by atoms with Crippen LogP contribution in [0.4, 0.5) is 5.82 Å². The van der Waals surface area contributed by atoms with E-state index in [0.29, 0.717) is 11.6 Å². The predicted molar refractivity (Wildman–Crippen MR) is 68.4 cm³/mol. The Kier molecular flexibility index (Phi) is 6.35. The Balaban J connectivity index is 0.00000289. The van der Waals surface area contributed by atoms with E-state index in [1.165, 1.54) is 11.9 Å². The number of nitrogens with two attached hydrogens (primary N) is 1. The van der Waals surface area contributed by atoms with Gasteiger partial charge in [0.05, 0.1) is 12.6 Å². The molecule has 0 aliphatic heterocycles. The minimum atomic E-state index is -0.623. The molecule has 2 amide bonds. The number of likely N-dealkylation sites (N-methyl/N-ethyl adjacent to an activating group) is 1. The van der Waals surface area contributed by atoms with Gasteiger partial charge in [-0.05, 0) is 13.8 Å². The number of nitrogens with zero attached hydrogens (tertiary/aromatic N) is 2. The van der Waals surface area contributed by atoms with Crippen LogP contribution in [0.3, 0.4) is 0 Å². The van der Waals surface area contributed by atoms with E-state index in [2.05, 4.69) is 10.5 Å². The minimum Gasteiger partial charge on any atom is -0.360 e. The Morgan fingerprint density at radius 1 is 1.61 bits per heavy atom. The Hall–Kier alpha value is -1.60. The van der Waals surface area contributed by atoms with Crippen LogP contribution in [0.1, 0.15) is 12.7 Å². The largest absolute Gasteiger partial charge is 0.360 e. The van der Waals surface area contributed by atoms with Gasteiger partial charge in [-0.15, -0.1) is 12.4 Å². The number of nitrogens with one attached hydrogen (secondary N) is 1. The molecule has 1 atom stereocenters. The van der Waals surface area contributed by atoms with Gasteiger partial charge >= 0.3 is 0 Å². The lowest BCUT2D eigenvalue weighted by Gasteiger charge is -2.18. The molecule has 7 nitrogen and oxygen atoms in total. The molecule has 3 N–H and O–H groups in total. The lowest BCUT2D eigenvalue weighted by molar-refractivity contribution is -0.134. The number of amides is 2. The molecule has 0 bridgehead atoms. The van der Waals surface area contributed by atoms with E-state index in [1.807, 2.05) is 0 Å². The predicted octanol–water partition coefficient (Wildman–Crippen LogP) is 0.149. The van der Waals surface area contributed by atoms with Gasteiger partial charge in [0.1, 0.15) is 5.76 Å². The molecule has 8 heteroatoms. The van der Waals surface area contributed by atoms with E-state index < -0.39 is 6.04 Å². The third-order valence-corrected chi connectivity index (χ3v) is 2.04. The Labute approximate surface area is 111 Å². The highest BCUT2D eigenvalue weighted by atomic mass is 35.5. The third kappa shape index (κ3) is 4.72. The van der Waals surface area contributed by atoms with Crippen molar-refractivity contribution in [1.82, 2.24) is 10.1 Å². The van der Waals surface area contributed by atoms with Crippen LogP contribution in [-0.4, -0.2) is 41.5 Å². The summed E-state index contributed by atoms with van der Waals surface area (Å²) in [5.74, 6) is 0.278. The van der Waals surface area contributed by atoms with Crippen LogP contribution >= 0.6 is 12.4 Å². The molecule has 102 valence electrons. The SMILES string of the molecule is Cc1cc(NC(=O)CN(C)C(=O)C(C)N)no1.Cl. The summed E-state index contributed by atoms with van der Waals surface area (Å²) in [6, 6.07) is 0.966. The molecule has 1 rings (SSSR count). The molecular formula is C10H17ClN4O3. The molecule has 1 aromatic rings. The first-order valence-electron chi connectivity index (χ1n) is 5.14. The number of halogens is 1. The summed E-state index contributed by atoms with van der Waals surface area (Å²) in [4.78, 5) is 24.2. The first-order valence-corrected chi connectivity index (χ1v) is 5.14. The molecule has 0 spiro atoms. The Morgan fingerprint density at radius 2 is 2.22 bits per heavy atom. The second-order valence-corrected chi connectivity index (χ2v) is 3.85. The van der Waals surface area contributed by atoms with Crippen LogP contribution in [-0.2, 0) is 9.59 Å². The number of hydrogen-bond acceptors (Lipinski definition) is 5. The topological polar surface area (TPSA) is 101 Å². The second-order valence-electron chi connectivity index (χ2n) is 3.85. The fourth-order valence-electron chi connectivity index (χ4n) is 1.25. The van der Waals surface area contributed by atoms with Crippen molar-refractivity contribution in [3.63, 3.8) is 0 Å². The highest BCUT2D eigenvalue weighted by Crippen LogP contribution is 2.06. The van der Waals surface area contributed by atoms with Crippen molar-refractivity contribution in [2.24, 2.45) is 5.73 Å². The van der Waals surface area contributed by atoms with Gasteiger partial charge in [0.2, 0.25) is 11.8 Å². The number of anilines is 1. The van der Waals surface area contributed by atoms with Crippen molar-refractivity contribution in [3.05, 3.63) is 11.8 Å². The summed E-state index contributed by atoms with van der Waals surface area (Å²) < 4.78 is 4.79. The standard InChI is InChI=1S/C10H16N4O3.ClH/c1-6-4-8(13-17-6)12-9(15)5-14(3)10(16)7(2)11;/h4,7H,5,11H2,1-3H3,(H,12,13,15);1H. The quantitative estimate of drug-likeness (QED) is 0.815. The fraction of sp³-hybridized carbons (Fsp3) is 0.500. The van der Waals surface area contributed by atoms with Crippen molar-refractivity contribution in [1.29, 1.82) is 0 Å². The van der Waals surface area contributed by atoms with Gasteiger partial charge in [0.25, 0.3) is 0 Å². The Bertz CT molecular complexity index is 419. The van der Waals surface area contributed by atoms with E-state index in [-0.39, 0.29) is 30.8 Å². The first-order chi connectivity index (χ1) is 7.90. The van der Waals surface area contributed by atoms with Gasteiger partial charge in [0, 0.05) is 13.1 Å². The smallest absolute Gasteiger partial charge is 0.245 e. The normalized spacial score (nSPS) is 11.3. The maximum absolute atomic E-state index is 11.5. The lowest BCUT2D eigenvalue weighted by atomic mass is 10.3. The van der Waals surface area contributed by atoms with Gasteiger partial charge in [-0.25, -0.2) is 0 Å². The van der Waals surface area contributed by atoms with Crippen LogP contribution in [0, 0.1) is 6.92 Å². The molecule has 0 fully saturated rings. The molecular weight excluding hydrogens is 260 g/mol. The molecule has 1 aromatic heterocycles. The first kappa shape index (κ1) is 16.4. The molecule has 0 saturated carbocycles. The van der Waals surface area contributed by atoms with E-state index in [0.717, 1.165) is 0 Å². The van der Waals surface area contributed by atoms with E-state index in [1.54, 1.807) is 19.9 Å². The molecule has 0 aromatic carbocycles. The highest BCUT2D eigenvalue weighted by molar-refractivity contribution is 5.94. The third-order valence-electron chi connectivity index (χ3n) is 2.04. The Morgan fingerprint density at radius 3 is 2.67 bits per heavy atom. The zero-order valence-electron chi connectivity index (χ0n) is 10.5. The zero-order chi connectivity index (χ0) is 13.0. The van der Waals surface area contributed by atoms with Crippen molar-refractivity contribution < 1.29 is 14.1 Å². The van der Waals surface area contributed by atoms with Crippen molar-refractivity contribution in [2.45, 2.75) is 19.9 Å². The molecule has 0 aliphatic rings. The summed E-state index contributed by atoms with van der Waals surface area (Å²) in [6.07, 6.45) is 0. The van der Waals surface area contributed by atoms with Gasteiger partial charge in [0.15, 0.2) is 5.82 Å². The van der Waals surface area contributed by atoms with Crippen LogP contribution in [0.2, 0.25) is 0 Å². The van der Waals surface area contributed by atoms with Crippen LogP contribution in [0.25, 0.3) is 0 Å². The highest BCUT2D eigenvalue weighted by Gasteiger charge is 2.16. The minimum absolute atomic E-state index is 0. The lowest BCUT2D eigenvalue weighted by Crippen LogP contribution is -2.43. The average molecular weight is 277 g/mol. The monoisotopic (exact) mass is 276 g/mol. The van der Waals surface area contributed by atoms with Crippen LogP contribution in [0.15, 0.2) is 10.6 Å². The summed E-state index contributed by atoms with van der Waals surface area (Å²) in [6.45, 7) is 3.21. The molecule has 1 unspecified atom stereocenters. The number of hydrogen-bond donors (Lipinski definition) is 2. The fourth-order valence-corrected chi connectivity index (χ4v) is 1.25. The van der Waals surface area contributed by atoms with E-state index in [4.69, 9.17) is 10.3 Å².